The first-order valence-electron chi connectivity index (χ1n) is 5.53. The lowest BCUT2D eigenvalue weighted by Gasteiger charge is -2.43. The largest absolute Gasteiger partial charge is 0.377 e. The first-order chi connectivity index (χ1) is 7.48. The van der Waals surface area contributed by atoms with Gasteiger partial charge in [-0.2, -0.15) is 0 Å². The summed E-state index contributed by atoms with van der Waals surface area (Å²) in [6.45, 7) is 3.11. The fourth-order valence-electron chi connectivity index (χ4n) is 1.90. The van der Waals surface area contributed by atoms with Crippen LogP contribution in [0.25, 0.3) is 0 Å². The SMILES string of the molecule is CCOC1CC(NCCS(C)(=O)=O)C1OC. The average Bonchev–Trinajstić information content (AvgIpc) is 2.14. The molecule has 0 aromatic heterocycles. The van der Waals surface area contributed by atoms with Crippen molar-refractivity contribution in [3.8, 4) is 0 Å². The Morgan fingerprint density at radius 1 is 1.44 bits per heavy atom. The van der Waals surface area contributed by atoms with Crippen molar-refractivity contribution in [2.24, 2.45) is 0 Å². The van der Waals surface area contributed by atoms with Gasteiger partial charge in [0.15, 0.2) is 0 Å². The Labute approximate surface area is 97.4 Å². The standard InChI is InChI=1S/C10H21NO4S/c1-4-15-9-7-8(10(9)14-2)11-5-6-16(3,12)13/h8-11H,4-7H2,1-3H3. The Hall–Kier alpha value is -0.170. The molecule has 3 unspecified atom stereocenters. The number of sulfone groups is 1. The van der Waals surface area contributed by atoms with Crippen LogP contribution in [-0.2, 0) is 19.3 Å². The maximum atomic E-state index is 10.9. The highest BCUT2D eigenvalue weighted by Crippen LogP contribution is 2.26. The smallest absolute Gasteiger partial charge is 0.148 e. The molecule has 0 aliphatic heterocycles. The molecule has 0 amide bonds. The van der Waals surface area contributed by atoms with E-state index in [0.717, 1.165) is 6.42 Å². The normalized spacial score (nSPS) is 30.1. The number of ether oxygens (including phenoxy) is 2. The van der Waals surface area contributed by atoms with Gasteiger partial charge in [0.2, 0.25) is 0 Å². The summed E-state index contributed by atoms with van der Waals surface area (Å²) in [5, 5.41) is 3.18. The third-order valence-corrected chi connectivity index (χ3v) is 3.73. The van der Waals surface area contributed by atoms with Crippen LogP contribution in [0.3, 0.4) is 0 Å². The summed E-state index contributed by atoms with van der Waals surface area (Å²) in [5.41, 5.74) is 0. The van der Waals surface area contributed by atoms with Crippen molar-refractivity contribution < 1.29 is 17.9 Å². The first kappa shape index (κ1) is 13.9. The monoisotopic (exact) mass is 251 g/mol. The van der Waals surface area contributed by atoms with Gasteiger partial charge in [0.1, 0.15) is 9.84 Å². The Morgan fingerprint density at radius 2 is 2.12 bits per heavy atom. The number of rotatable bonds is 7. The van der Waals surface area contributed by atoms with E-state index in [1.165, 1.54) is 6.26 Å². The fourth-order valence-corrected chi connectivity index (χ4v) is 2.39. The molecule has 0 aromatic carbocycles. The summed E-state index contributed by atoms with van der Waals surface area (Å²) in [6, 6.07) is 0.211. The van der Waals surface area contributed by atoms with Crippen molar-refractivity contribution in [2.75, 3.05) is 32.3 Å². The van der Waals surface area contributed by atoms with E-state index in [2.05, 4.69) is 5.32 Å². The zero-order valence-electron chi connectivity index (χ0n) is 10.1. The second-order valence-electron chi connectivity index (χ2n) is 4.12. The molecule has 0 heterocycles. The summed E-state index contributed by atoms with van der Waals surface area (Å²) < 4.78 is 32.7. The van der Waals surface area contributed by atoms with Gasteiger partial charge >= 0.3 is 0 Å². The molecule has 1 N–H and O–H groups in total. The van der Waals surface area contributed by atoms with Crippen molar-refractivity contribution in [1.29, 1.82) is 0 Å². The predicted molar refractivity (Wildman–Crippen MR) is 62.3 cm³/mol. The predicted octanol–water partition coefficient (Wildman–Crippen LogP) is -0.187. The number of methoxy groups -OCH3 is 1. The molecule has 0 aromatic rings. The van der Waals surface area contributed by atoms with Crippen LogP contribution in [0.1, 0.15) is 13.3 Å². The molecule has 6 heteroatoms. The lowest BCUT2D eigenvalue weighted by atomic mass is 9.85. The molecule has 5 nitrogen and oxygen atoms in total. The molecule has 0 bridgehead atoms. The highest BCUT2D eigenvalue weighted by Gasteiger charge is 2.41. The summed E-state index contributed by atoms with van der Waals surface area (Å²) in [6.07, 6.45) is 2.31. The number of nitrogens with one attached hydrogen (secondary N) is 1. The highest BCUT2D eigenvalue weighted by atomic mass is 32.2. The minimum atomic E-state index is -2.89. The molecule has 96 valence electrons. The Bertz CT molecular complexity index is 304. The van der Waals surface area contributed by atoms with Crippen LogP contribution < -0.4 is 5.32 Å². The van der Waals surface area contributed by atoms with Gasteiger partial charge in [0.05, 0.1) is 18.0 Å². The van der Waals surface area contributed by atoms with Gasteiger partial charge in [-0.1, -0.05) is 0 Å². The maximum Gasteiger partial charge on any atom is 0.148 e. The molecule has 1 fully saturated rings. The molecule has 1 saturated carbocycles. The second kappa shape index (κ2) is 5.95. The fraction of sp³-hybridized carbons (Fsp3) is 1.00. The van der Waals surface area contributed by atoms with E-state index in [1.54, 1.807) is 7.11 Å². The van der Waals surface area contributed by atoms with Crippen LogP contribution in [-0.4, -0.2) is 58.9 Å². The van der Waals surface area contributed by atoms with Crippen molar-refractivity contribution in [3.63, 3.8) is 0 Å². The van der Waals surface area contributed by atoms with Gasteiger partial charge in [-0.05, 0) is 13.3 Å². The first-order valence-corrected chi connectivity index (χ1v) is 7.59. The van der Waals surface area contributed by atoms with E-state index < -0.39 is 9.84 Å². The molecule has 3 atom stereocenters. The van der Waals surface area contributed by atoms with E-state index in [4.69, 9.17) is 9.47 Å². The zero-order chi connectivity index (χ0) is 12.2. The van der Waals surface area contributed by atoms with E-state index >= 15 is 0 Å². The lowest BCUT2D eigenvalue weighted by molar-refractivity contribution is -0.130. The van der Waals surface area contributed by atoms with Gasteiger partial charge in [-0.15, -0.1) is 0 Å². The zero-order valence-corrected chi connectivity index (χ0v) is 10.9. The number of hydrogen-bond donors (Lipinski definition) is 1. The van der Waals surface area contributed by atoms with Crippen LogP contribution in [0.2, 0.25) is 0 Å². The summed E-state index contributed by atoms with van der Waals surface area (Å²) in [7, 11) is -1.23. The molecular weight excluding hydrogens is 230 g/mol. The van der Waals surface area contributed by atoms with Gasteiger partial charge in [-0.25, -0.2) is 8.42 Å². The molecule has 16 heavy (non-hydrogen) atoms. The van der Waals surface area contributed by atoms with E-state index in [9.17, 15) is 8.42 Å². The van der Waals surface area contributed by atoms with Crippen molar-refractivity contribution >= 4 is 9.84 Å². The summed E-state index contributed by atoms with van der Waals surface area (Å²) in [5.74, 6) is 0.166. The van der Waals surface area contributed by atoms with E-state index in [1.807, 2.05) is 6.92 Å². The van der Waals surface area contributed by atoms with E-state index in [-0.39, 0.29) is 24.0 Å². The van der Waals surface area contributed by atoms with Gasteiger partial charge in [-0.3, -0.25) is 0 Å². The molecular formula is C10H21NO4S. The molecule has 0 spiro atoms. The second-order valence-corrected chi connectivity index (χ2v) is 6.38. The van der Waals surface area contributed by atoms with Crippen LogP contribution in [0.4, 0.5) is 0 Å². The van der Waals surface area contributed by atoms with Gasteiger partial charge in [0.25, 0.3) is 0 Å². The van der Waals surface area contributed by atoms with Crippen molar-refractivity contribution in [2.45, 2.75) is 31.6 Å². The third kappa shape index (κ3) is 4.01. The maximum absolute atomic E-state index is 10.9. The lowest BCUT2D eigenvalue weighted by Crippen LogP contribution is -2.60. The minimum Gasteiger partial charge on any atom is -0.377 e. The molecule has 1 rings (SSSR count). The molecule has 1 aliphatic carbocycles. The van der Waals surface area contributed by atoms with Gasteiger partial charge < -0.3 is 14.8 Å². The van der Waals surface area contributed by atoms with Crippen molar-refractivity contribution in [1.82, 2.24) is 5.32 Å². The van der Waals surface area contributed by atoms with Gasteiger partial charge in [0, 0.05) is 32.6 Å². The van der Waals surface area contributed by atoms with Crippen LogP contribution in [0, 0.1) is 0 Å². The van der Waals surface area contributed by atoms with Crippen LogP contribution in [0.15, 0.2) is 0 Å². The molecule has 0 saturated heterocycles. The Morgan fingerprint density at radius 3 is 2.62 bits per heavy atom. The summed E-state index contributed by atoms with van der Waals surface area (Å²) in [4.78, 5) is 0. The Kier molecular flexibility index (Phi) is 5.17. The number of hydrogen-bond acceptors (Lipinski definition) is 5. The molecule has 0 radical (unpaired) electrons. The van der Waals surface area contributed by atoms with E-state index in [0.29, 0.717) is 13.2 Å². The summed E-state index contributed by atoms with van der Waals surface area (Å²) >= 11 is 0. The highest BCUT2D eigenvalue weighted by molar-refractivity contribution is 7.90. The third-order valence-electron chi connectivity index (χ3n) is 2.78. The minimum absolute atomic E-state index is 0.0412. The quantitative estimate of drug-likeness (QED) is 0.679. The van der Waals surface area contributed by atoms with Crippen LogP contribution >= 0.6 is 0 Å². The van der Waals surface area contributed by atoms with Crippen molar-refractivity contribution in [3.05, 3.63) is 0 Å². The molecule has 1 aliphatic rings. The Balaban J connectivity index is 2.24. The average molecular weight is 251 g/mol. The topological polar surface area (TPSA) is 64.6 Å². The van der Waals surface area contributed by atoms with Crippen LogP contribution in [0.5, 0.6) is 0 Å².